The number of benzene rings is 2. The molecule has 0 saturated carbocycles. The number of amides is 1. The minimum Gasteiger partial charge on any atom is -0.398 e. The molecule has 0 aliphatic carbocycles. The third kappa shape index (κ3) is 2.67. The molecular formula is C17H20N2O. The van der Waals surface area contributed by atoms with E-state index in [4.69, 9.17) is 5.73 Å². The number of aryl methyl sites for hydroxylation is 2. The smallest absolute Gasteiger partial charge is 0.260 e. The summed E-state index contributed by atoms with van der Waals surface area (Å²) in [6, 6.07) is 13.4. The molecule has 0 fully saturated rings. The largest absolute Gasteiger partial charge is 0.398 e. The predicted molar refractivity (Wildman–Crippen MR) is 84.1 cm³/mol. The van der Waals surface area contributed by atoms with Crippen molar-refractivity contribution in [2.45, 2.75) is 20.8 Å². The minimum absolute atomic E-state index is 0.0562. The van der Waals surface area contributed by atoms with Crippen molar-refractivity contribution in [3.05, 3.63) is 59.2 Å². The lowest BCUT2D eigenvalue weighted by molar-refractivity contribution is 0.0989. The van der Waals surface area contributed by atoms with E-state index in [0.717, 1.165) is 16.8 Å². The summed E-state index contributed by atoms with van der Waals surface area (Å²) in [5.74, 6) is -0.0562. The molecule has 20 heavy (non-hydrogen) atoms. The van der Waals surface area contributed by atoms with Crippen LogP contribution in [0, 0.1) is 13.8 Å². The van der Waals surface area contributed by atoms with Crippen LogP contribution in [0.2, 0.25) is 0 Å². The lowest BCUT2D eigenvalue weighted by atomic mass is 10.1. The normalized spacial score (nSPS) is 10.3. The molecule has 2 N–H and O–H groups in total. The number of hydrogen-bond acceptors (Lipinski definition) is 2. The molecule has 2 aromatic carbocycles. The second-order valence-corrected chi connectivity index (χ2v) is 4.93. The van der Waals surface area contributed by atoms with Crippen LogP contribution in [0.4, 0.5) is 11.4 Å². The maximum Gasteiger partial charge on any atom is 0.260 e. The molecule has 3 heteroatoms. The van der Waals surface area contributed by atoms with Gasteiger partial charge in [-0.25, -0.2) is 0 Å². The quantitative estimate of drug-likeness (QED) is 0.865. The van der Waals surface area contributed by atoms with Gasteiger partial charge in [0.1, 0.15) is 0 Å². The fraction of sp³-hybridized carbons (Fsp3) is 0.235. The Hall–Kier alpha value is -2.29. The van der Waals surface area contributed by atoms with Gasteiger partial charge in [0.05, 0.1) is 5.56 Å². The zero-order chi connectivity index (χ0) is 14.7. The molecule has 0 heterocycles. The first-order chi connectivity index (χ1) is 9.54. The van der Waals surface area contributed by atoms with Gasteiger partial charge in [0.25, 0.3) is 5.91 Å². The van der Waals surface area contributed by atoms with Crippen LogP contribution in [0.3, 0.4) is 0 Å². The Balaban J connectivity index is 2.42. The Bertz CT molecular complexity index is 635. The molecule has 0 radical (unpaired) electrons. The highest BCUT2D eigenvalue weighted by molar-refractivity contribution is 6.09. The standard InChI is InChI=1S/C17H20N2O/c1-4-19(16-8-6-5-7-13(16)3)17(20)14-10-9-12(2)11-15(14)18/h5-11H,4,18H2,1-3H3. The third-order valence-corrected chi connectivity index (χ3v) is 3.41. The van der Waals surface area contributed by atoms with Crippen molar-refractivity contribution >= 4 is 17.3 Å². The zero-order valence-electron chi connectivity index (χ0n) is 12.2. The summed E-state index contributed by atoms with van der Waals surface area (Å²) in [5.41, 5.74) is 10.1. The van der Waals surface area contributed by atoms with E-state index in [-0.39, 0.29) is 5.91 Å². The molecule has 3 nitrogen and oxygen atoms in total. The summed E-state index contributed by atoms with van der Waals surface area (Å²) >= 11 is 0. The maximum absolute atomic E-state index is 12.7. The van der Waals surface area contributed by atoms with Crippen molar-refractivity contribution in [2.24, 2.45) is 0 Å². The molecule has 2 aromatic rings. The number of para-hydroxylation sites is 1. The number of nitrogen functional groups attached to an aromatic ring is 1. The molecule has 1 amide bonds. The van der Waals surface area contributed by atoms with E-state index in [1.54, 1.807) is 11.0 Å². The van der Waals surface area contributed by atoms with Gasteiger partial charge in [0.15, 0.2) is 0 Å². The summed E-state index contributed by atoms with van der Waals surface area (Å²) in [7, 11) is 0. The Kier molecular flexibility index (Phi) is 4.08. The first-order valence-corrected chi connectivity index (χ1v) is 6.78. The molecule has 104 valence electrons. The number of rotatable bonds is 3. The van der Waals surface area contributed by atoms with Crippen molar-refractivity contribution in [1.82, 2.24) is 0 Å². The fourth-order valence-electron chi connectivity index (χ4n) is 2.31. The van der Waals surface area contributed by atoms with E-state index in [9.17, 15) is 4.79 Å². The minimum atomic E-state index is -0.0562. The van der Waals surface area contributed by atoms with E-state index in [0.29, 0.717) is 17.8 Å². The van der Waals surface area contributed by atoms with Crippen molar-refractivity contribution in [2.75, 3.05) is 17.2 Å². The number of carbonyl (C=O) groups is 1. The van der Waals surface area contributed by atoms with Crippen LogP contribution in [0.5, 0.6) is 0 Å². The predicted octanol–water partition coefficient (Wildman–Crippen LogP) is 3.55. The first kappa shape index (κ1) is 14.1. The SMILES string of the molecule is CCN(C(=O)c1ccc(C)cc1N)c1ccccc1C. The van der Waals surface area contributed by atoms with Crippen molar-refractivity contribution in [3.63, 3.8) is 0 Å². The lowest BCUT2D eigenvalue weighted by Gasteiger charge is -2.23. The highest BCUT2D eigenvalue weighted by Gasteiger charge is 2.19. The van der Waals surface area contributed by atoms with Gasteiger partial charge < -0.3 is 10.6 Å². The van der Waals surface area contributed by atoms with Crippen LogP contribution >= 0.6 is 0 Å². The van der Waals surface area contributed by atoms with E-state index >= 15 is 0 Å². The molecule has 0 aliphatic rings. The van der Waals surface area contributed by atoms with Crippen LogP contribution in [0.15, 0.2) is 42.5 Å². The monoisotopic (exact) mass is 268 g/mol. The summed E-state index contributed by atoms with van der Waals surface area (Å²) < 4.78 is 0. The molecule has 0 saturated heterocycles. The zero-order valence-corrected chi connectivity index (χ0v) is 12.2. The van der Waals surface area contributed by atoms with E-state index in [1.807, 2.05) is 57.2 Å². The van der Waals surface area contributed by atoms with Gasteiger partial charge in [-0.15, -0.1) is 0 Å². The van der Waals surface area contributed by atoms with E-state index in [2.05, 4.69) is 0 Å². The summed E-state index contributed by atoms with van der Waals surface area (Å²) in [4.78, 5) is 14.5. The summed E-state index contributed by atoms with van der Waals surface area (Å²) in [6.07, 6.45) is 0. The number of carbonyl (C=O) groups excluding carboxylic acids is 1. The topological polar surface area (TPSA) is 46.3 Å². The van der Waals surface area contributed by atoms with E-state index in [1.165, 1.54) is 0 Å². The van der Waals surface area contributed by atoms with Crippen LogP contribution in [0.1, 0.15) is 28.4 Å². The second-order valence-electron chi connectivity index (χ2n) is 4.93. The van der Waals surface area contributed by atoms with Crippen LogP contribution < -0.4 is 10.6 Å². The van der Waals surface area contributed by atoms with E-state index < -0.39 is 0 Å². The Morgan fingerprint density at radius 3 is 2.45 bits per heavy atom. The molecule has 0 aliphatic heterocycles. The summed E-state index contributed by atoms with van der Waals surface area (Å²) in [6.45, 7) is 6.54. The first-order valence-electron chi connectivity index (χ1n) is 6.78. The fourth-order valence-corrected chi connectivity index (χ4v) is 2.31. The van der Waals surface area contributed by atoms with Crippen molar-refractivity contribution in [3.8, 4) is 0 Å². The molecule has 0 atom stereocenters. The van der Waals surface area contributed by atoms with Crippen LogP contribution in [0.25, 0.3) is 0 Å². The van der Waals surface area contributed by atoms with Crippen LogP contribution in [-0.2, 0) is 0 Å². The van der Waals surface area contributed by atoms with Gasteiger partial charge in [-0.2, -0.15) is 0 Å². The van der Waals surface area contributed by atoms with Gasteiger partial charge in [-0.3, -0.25) is 4.79 Å². The molecule has 0 unspecified atom stereocenters. The third-order valence-electron chi connectivity index (χ3n) is 3.41. The maximum atomic E-state index is 12.7. The average Bonchev–Trinajstić information content (AvgIpc) is 2.41. The van der Waals surface area contributed by atoms with Gasteiger partial charge in [0, 0.05) is 17.9 Å². The Labute approximate surface area is 120 Å². The molecule has 0 aromatic heterocycles. The lowest BCUT2D eigenvalue weighted by Crippen LogP contribution is -2.31. The van der Waals surface area contributed by atoms with Gasteiger partial charge in [-0.1, -0.05) is 24.3 Å². The highest BCUT2D eigenvalue weighted by Crippen LogP contribution is 2.23. The van der Waals surface area contributed by atoms with Crippen LogP contribution in [-0.4, -0.2) is 12.5 Å². The molecular weight excluding hydrogens is 248 g/mol. The Morgan fingerprint density at radius 2 is 1.85 bits per heavy atom. The molecule has 0 spiro atoms. The summed E-state index contributed by atoms with van der Waals surface area (Å²) in [5, 5.41) is 0. The molecule has 0 bridgehead atoms. The second kappa shape index (κ2) is 5.78. The molecule has 2 rings (SSSR count). The highest BCUT2D eigenvalue weighted by atomic mass is 16.2. The van der Waals surface area contributed by atoms with Crippen molar-refractivity contribution < 1.29 is 4.79 Å². The Morgan fingerprint density at radius 1 is 1.15 bits per heavy atom. The number of nitrogens with zero attached hydrogens (tertiary/aromatic N) is 1. The number of anilines is 2. The van der Waals surface area contributed by atoms with Gasteiger partial charge in [0.2, 0.25) is 0 Å². The number of nitrogens with two attached hydrogens (primary N) is 1. The van der Waals surface area contributed by atoms with Gasteiger partial charge >= 0.3 is 0 Å². The van der Waals surface area contributed by atoms with Crippen molar-refractivity contribution in [1.29, 1.82) is 0 Å². The van der Waals surface area contributed by atoms with Gasteiger partial charge in [-0.05, 0) is 50.1 Å². The number of hydrogen-bond donors (Lipinski definition) is 1. The average molecular weight is 268 g/mol.